The number of carboxylic acids is 1. The molecule has 0 amide bonds. The Kier molecular flexibility index (Phi) is 7.96. The van der Waals surface area contributed by atoms with Crippen molar-refractivity contribution in [2.45, 2.75) is 46.1 Å². The van der Waals surface area contributed by atoms with Gasteiger partial charge in [0.1, 0.15) is 5.75 Å². The molecule has 0 aliphatic carbocycles. The highest BCUT2D eigenvalue weighted by Gasteiger charge is 2.19. The normalized spacial score (nSPS) is 13.9. The lowest BCUT2D eigenvalue weighted by molar-refractivity contribution is -0.142. The van der Waals surface area contributed by atoms with Crippen molar-refractivity contribution in [2.75, 3.05) is 13.7 Å². The summed E-state index contributed by atoms with van der Waals surface area (Å²) in [5, 5.41) is 12.6. The van der Waals surface area contributed by atoms with Gasteiger partial charge in [-0.3, -0.25) is 4.79 Å². The van der Waals surface area contributed by atoms with Crippen LogP contribution in [0.2, 0.25) is 0 Å². The van der Waals surface area contributed by atoms with E-state index in [1.807, 2.05) is 12.1 Å². The highest BCUT2D eigenvalue weighted by molar-refractivity contribution is 5.70. The summed E-state index contributed by atoms with van der Waals surface area (Å²) in [6.45, 7) is 6.77. The second-order valence-corrected chi connectivity index (χ2v) is 6.36. The molecule has 0 fully saturated rings. The van der Waals surface area contributed by atoms with Crippen LogP contribution in [-0.2, 0) is 11.2 Å². The lowest BCUT2D eigenvalue weighted by Gasteiger charge is -2.19. The third kappa shape index (κ3) is 6.94. The standard InChI is InChI=1S/C18H29NO3/c1-13(2)11-16(18(20)21)12-19-14(3)5-6-15-7-9-17(22-4)10-8-15/h7-10,13-14,16,19H,5-6,11-12H2,1-4H3,(H,20,21). The Balaban J connectivity index is 2.35. The van der Waals surface area contributed by atoms with Crippen LogP contribution in [0, 0.1) is 11.8 Å². The third-order valence-electron chi connectivity index (χ3n) is 3.84. The lowest BCUT2D eigenvalue weighted by Crippen LogP contribution is -2.35. The fraction of sp³-hybridized carbons (Fsp3) is 0.611. The van der Waals surface area contributed by atoms with Gasteiger partial charge in [0.15, 0.2) is 0 Å². The summed E-state index contributed by atoms with van der Waals surface area (Å²) in [4.78, 5) is 11.2. The van der Waals surface area contributed by atoms with Crippen molar-refractivity contribution >= 4 is 5.97 Å². The molecule has 1 aromatic rings. The third-order valence-corrected chi connectivity index (χ3v) is 3.84. The molecule has 0 saturated heterocycles. The van der Waals surface area contributed by atoms with Gasteiger partial charge in [-0.2, -0.15) is 0 Å². The van der Waals surface area contributed by atoms with Crippen molar-refractivity contribution in [1.29, 1.82) is 0 Å². The number of methoxy groups -OCH3 is 1. The van der Waals surface area contributed by atoms with Crippen molar-refractivity contribution in [3.05, 3.63) is 29.8 Å². The van der Waals surface area contributed by atoms with E-state index in [1.165, 1.54) is 5.56 Å². The molecule has 1 aromatic carbocycles. The first-order chi connectivity index (χ1) is 10.4. The molecule has 0 spiro atoms. The van der Waals surface area contributed by atoms with E-state index in [0.29, 0.717) is 24.9 Å². The molecule has 2 atom stereocenters. The second-order valence-electron chi connectivity index (χ2n) is 6.36. The number of ether oxygens (including phenoxy) is 1. The Bertz CT molecular complexity index is 442. The van der Waals surface area contributed by atoms with Crippen LogP contribution in [0.1, 0.15) is 39.2 Å². The fourth-order valence-corrected chi connectivity index (χ4v) is 2.46. The molecule has 0 bridgehead atoms. The Morgan fingerprint density at radius 3 is 2.36 bits per heavy atom. The van der Waals surface area contributed by atoms with E-state index < -0.39 is 5.97 Å². The van der Waals surface area contributed by atoms with Crippen molar-refractivity contribution in [1.82, 2.24) is 5.32 Å². The highest BCUT2D eigenvalue weighted by atomic mass is 16.5. The van der Waals surface area contributed by atoms with Crippen LogP contribution >= 0.6 is 0 Å². The summed E-state index contributed by atoms with van der Waals surface area (Å²) in [6, 6.07) is 8.39. The van der Waals surface area contributed by atoms with Crippen molar-refractivity contribution in [3.8, 4) is 5.75 Å². The predicted octanol–water partition coefficient (Wildman–Crippen LogP) is 3.35. The van der Waals surface area contributed by atoms with Gasteiger partial charge in [-0.05, 0) is 49.8 Å². The van der Waals surface area contributed by atoms with Gasteiger partial charge >= 0.3 is 5.97 Å². The van der Waals surface area contributed by atoms with E-state index in [0.717, 1.165) is 18.6 Å². The summed E-state index contributed by atoms with van der Waals surface area (Å²) >= 11 is 0. The van der Waals surface area contributed by atoms with E-state index in [9.17, 15) is 9.90 Å². The van der Waals surface area contributed by atoms with E-state index in [1.54, 1.807) is 7.11 Å². The van der Waals surface area contributed by atoms with E-state index in [4.69, 9.17) is 4.74 Å². The van der Waals surface area contributed by atoms with Gasteiger partial charge in [0.05, 0.1) is 13.0 Å². The number of benzene rings is 1. The molecule has 2 unspecified atom stereocenters. The molecule has 4 heteroatoms. The van der Waals surface area contributed by atoms with Crippen LogP contribution in [0.3, 0.4) is 0 Å². The molecule has 124 valence electrons. The fourth-order valence-electron chi connectivity index (χ4n) is 2.46. The van der Waals surface area contributed by atoms with E-state index >= 15 is 0 Å². The first-order valence-electron chi connectivity index (χ1n) is 8.01. The Labute approximate surface area is 133 Å². The van der Waals surface area contributed by atoms with Crippen LogP contribution in [0.15, 0.2) is 24.3 Å². The summed E-state index contributed by atoms with van der Waals surface area (Å²) in [6.07, 6.45) is 2.67. The zero-order valence-corrected chi connectivity index (χ0v) is 14.1. The lowest BCUT2D eigenvalue weighted by atomic mass is 9.96. The maximum absolute atomic E-state index is 11.2. The summed E-state index contributed by atoms with van der Waals surface area (Å²) < 4.78 is 5.15. The topological polar surface area (TPSA) is 58.6 Å². The van der Waals surface area contributed by atoms with Crippen LogP contribution in [0.25, 0.3) is 0 Å². The Morgan fingerprint density at radius 2 is 1.86 bits per heavy atom. The van der Waals surface area contributed by atoms with Gasteiger partial charge < -0.3 is 15.2 Å². The molecule has 0 radical (unpaired) electrons. The first-order valence-corrected chi connectivity index (χ1v) is 8.01. The first kappa shape index (κ1) is 18.5. The van der Waals surface area contributed by atoms with Gasteiger partial charge in [-0.15, -0.1) is 0 Å². The van der Waals surface area contributed by atoms with Crippen LogP contribution in [0.5, 0.6) is 5.75 Å². The number of carbonyl (C=O) groups is 1. The minimum atomic E-state index is -0.705. The predicted molar refractivity (Wildman–Crippen MR) is 89.4 cm³/mol. The number of hydrogen-bond donors (Lipinski definition) is 2. The van der Waals surface area contributed by atoms with Crippen LogP contribution in [0.4, 0.5) is 0 Å². The average molecular weight is 307 g/mol. The van der Waals surface area contributed by atoms with E-state index in [-0.39, 0.29) is 5.92 Å². The largest absolute Gasteiger partial charge is 0.497 e. The highest BCUT2D eigenvalue weighted by Crippen LogP contribution is 2.14. The maximum Gasteiger partial charge on any atom is 0.307 e. The van der Waals surface area contributed by atoms with Gasteiger partial charge in [-0.1, -0.05) is 26.0 Å². The summed E-state index contributed by atoms with van der Waals surface area (Å²) in [5.74, 6) is 0.261. The van der Waals surface area contributed by atoms with Gasteiger partial charge in [0.25, 0.3) is 0 Å². The van der Waals surface area contributed by atoms with Crippen molar-refractivity contribution < 1.29 is 14.6 Å². The number of aliphatic carboxylic acids is 1. The zero-order chi connectivity index (χ0) is 16.5. The molecule has 22 heavy (non-hydrogen) atoms. The minimum Gasteiger partial charge on any atom is -0.497 e. The zero-order valence-electron chi connectivity index (χ0n) is 14.1. The molecule has 2 N–H and O–H groups in total. The number of nitrogens with one attached hydrogen (secondary N) is 1. The smallest absolute Gasteiger partial charge is 0.307 e. The van der Waals surface area contributed by atoms with Crippen molar-refractivity contribution in [3.63, 3.8) is 0 Å². The Morgan fingerprint density at radius 1 is 1.23 bits per heavy atom. The number of hydrogen-bond acceptors (Lipinski definition) is 3. The number of carboxylic acid groups (broad SMARTS) is 1. The molecule has 4 nitrogen and oxygen atoms in total. The Hall–Kier alpha value is -1.55. The van der Waals surface area contributed by atoms with Crippen LogP contribution in [-0.4, -0.2) is 30.8 Å². The average Bonchev–Trinajstić information content (AvgIpc) is 2.49. The maximum atomic E-state index is 11.2. The molecular formula is C18H29NO3. The molecule has 1 rings (SSSR count). The SMILES string of the molecule is COc1ccc(CCC(C)NCC(CC(C)C)C(=O)O)cc1. The molecule has 0 aliphatic rings. The molecule has 0 heterocycles. The van der Waals surface area contributed by atoms with Gasteiger partial charge in [0, 0.05) is 12.6 Å². The number of rotatable bonds is 10. The monoisotopic (exact) mass is 307 g/mol. The van der Waals surface area contributed by atoms with Gasteiger partial charge in [-0.25, -0.2) is 0 Å². The van der Waals surface area contributed by atoms with Gasteiger partial charge in [0.2, 0.25) is 0 Å². The molecule has 0 aliphatic heterocycles. The molecule has 0 saturated carbocycles. The summed E-state index contributed by atoms with van der Waals surface area (Å²) in [7, 11) is 1.66. The van der Waals surface area contributed by atoms with E-state index in [2.05, 4.69) is 38.2 Å². The minimum absolute atomic E-state index is 0.302. The number of aryl methyl sites for hydroxylation is 1. The molecular weight excluding hydrogens is 278 g/mol. The van der Waals surface area contributed by atoms with Crippen molar-refractivity contribution in [2.24, 2.45) is 11.8 Å². The quantitative estimate of drug-likeness (QED) is 0.696. The second kappa shape index (κ2) is 9.46. The molecule has 0 aromatic heterocycles. The van der Waals surface area contributed by atoms with Crippen LogP contribution < -0.4 is 10.1 Å². The summed E-state index contributed by atoms with van der Waals surface area (Å²) in [5.41, 5.74) is 1.27.